The summed E-state index contributed by atoms with van der Waals surface area (Å²) in [5, 5.41) is 3.51. The van der Waals surface area contributed by atoms with Gasteiger partial charge in [0.05, 0.1) is 0 Å². The van der Waals surface area contributed by atoms with Crippen molar-refractivity contribution in [2.24, 2.45) is 0 Å². The van der Waals surface area contributed by atoms with Crippen molar-refractivity contribution < 1.29 is 25.8 Å². The molecule has 2 aliphatic rings. The van der Waals surface area contributed by atoms with Crippen LogP contribution in [0.15, 0.2) is 225 Å². The number of aromatic nitrogens is 2. The predicted molar refractivity (Wildman–Crippen MR) is 347 cm³/mol. The van der Waals surface area contributed by atoms with E-state index in [0.717, 1.165) is 73.0 Å². The minimum absolute atomic E-state index is 0. The summed E-state index contributed by atoms with van der Waals surface area (Å²) in [5.41, 5.74) is 22.4. The smallest absolute Gasteiger partial charge is 0.135 e. The number of hydrogen-bond acceptors (Lipinski definition) is 4. The molecular weight excluding hydrogens is 1200 g/mol. The number of rotatable bonds is 8. The van der Waals surface area contributed by atoms with Crippen molar-refractivity contribution >= 4 is 44.4 Å². The predicted octanol–water partition coefficient (Wildman–Crippen LogP) is 21.2. The zero-order chi connectivity index (χ0) is 56.9. The van der Waals surface area contributed by atoms with Crippen molar-refractivity contribution in [2.75, 3.05) is 9.80 Å². The van der Waals surface area contributed by atoms with E-state index in [4.69, 9.17) is 9.72 Å². The fourth-order valence-electron chi connectivity index (χ4n) is 12.4. The molecule has 3 heterocycles. The van der Waals surface area contributed by atoms with E-state index in [1.165, 1.54) is 60.8 Å². The van der Waals surface area contributed by atoms with Gasteiger partial charge in [-0.3, -0.25) is 0 Å². The average molecular weight is 1270 g/mol. The molecule has 0 bridgehead atoms. The second-order valence-electron chi connectivity index (χ2n) is 25.3. The molecule has 0 saturated heterocycles. The number of nitrogens with zero attached hydrogens (tertiary/aromatic N) is 4. The number of pyridine rings is 1. The van der Waals surface area contributed by atoms with E-state index in [-0.39, 0.29) is 37.3 Å². The Balaban J connectivity index is 0.00000658. The van der Waals surface area contributed by atoms with Crippen LogP contribution in [0.4, 0.5) is 22.7 Å². The molecule has 1 aliphatic carbocycles. The van der Waals surface area contributed by atoms with Gasteiger partial charge in [0.25, 0.3) is 0 Å². The molecule has 5 nitrogen and oxygen atoms in total. The molecule has 416 valence electrons. The third-order valence-electron chi connectivity index (χ3n) is 16.7. The van der Waals surface area contributed by atoms with Gasteiger partial charge in [0.2, 0.25) is 0 Å². The van der Waals surface area contributed by atoms with Crippen LogP contribution in [0.5, 0.6) is 11.5 Å². The van der Waals surface area contributed by atoms with Gasteiger partial charge in [-0.2, -0.15) is 12.1 Å². The second kappa shape index (κ2) is 20.8. The Morgan fingerprint density at radius 2 is 1.00 bits per heavy atom. The van der Waals surface area contributed by atoms with E-state index in [1.54, 1.807) is 0 Å². The summed E-state index contributed by atoms with van der Waals surface area (Å²) in [6, 6.07) is 86.8. The Morgan fingerprint density at radius 1 is 0.429 bits per heavy atom. The fourth-order valence-corrected chi connectivity index (χ4v) is 12.4. The molecule has 84 heavy (non-hydrogen) atoms. The van der Waals surface area contributed by atoms with Crippen molar-refractivity contribution in [3.63, 3.8) is 0 Å². The van der Waals surface area contributed by atoms with Gasteiger partial charge in [-0.05, 0) is 119 Å². The number of anilines is 4. The molecule has 2 aromatic heterocycles. The molecule has 12 aromatic rings. The van der Waals surface area contributed by atoms with E-state index < -0.39 is 0 Å². The molecule has 0 unspecified atom stereocenters. The van der Waals surface area contributed by atoms with Crippen LogP contribution in [0.2, 0.25) is 0 Å². The van der Waals surface area contributed by atoms with Gasteiger partial charge in [0, 0.05) is 78.2 Å². The summed E-state index contributed by atoms with van der Waals surface area (Å²) in [6.45, 7) is 22.9. The van der Waals surface area contributed by atoms with Crippen molar-refractivity contribution in [1.82, 2.24) is 9.55 Å². The zero-order valence-corrected chi connectivity index (χ0v) is 51.2. The molecule has 0 fully saturated rings. The maximum Gasteiger partial charge on any atom is 0.135 e. The third-order valence-corrected chi connectivity index (χ3v) is 16.7. The summed E-state index contributed by atoms with van der Waals surface area (Å²) >= 11 is 0. The average Bonchev–Trinajstić information content (AvgIpc) is 1.79. The minimum Gasteiger partial charge on any atom is -0.509 e. The van der Waals surface area contributed by atoms with Crippen molar-refractivity contribution in [2.45, 2.75) is 78.6 Å². The van der Waals surface area contributed by atoms with Gasteiger partial charge in [0.1, 0.15) is 5.82 Å². The van der Waals surface area contributed by atoms with Crippen LogP contribution in [-0.2, 0) is 37.3 Å². The van der Waals surface area contributed by atoms with E-state index in [9.17, 15) is 0 Å². The molecule has 1 aliphatic heterocycles. The first-order valence-electron chi connectivity index (χ1n) is 28.9. The van der Waals surface area contributed by atoms with Crippen LogP contribution >= 0.6 is 0 Å². The first kappa shape index (κ1) is 54.5. The summed E-state index contributed by atoms with van der Waals surface area (Å²) < 4.78 is 9.29. The van der Waals surface area contributed by atoms with Crippen molar-refractivity contribution in [3.8, 4) is 84.2 Å². The molecular formula is C78H65N4OPt-3. The molecule has 14 rings (SSSR count). The van der Waals surface area contributed by atoms with Crippen LogP contribution in [0, 0.1) is 18.8 Å². The normalized spacial score (nSPS) is 12.9. The van der Waals surface area contributed by atoms with Crippen LogP contribution in [0.3, 0.4) is 0 Å². The number of ether oxygens (including phenoxy) is 1. The quantitative estimate of drug-likeness (QED) is 0.142. The molecule has 0 saturated carbocycles. The molecule has 0 amide bonds. The monoisotopic (exact) mass is 1270 g/mol. The van der Waals surface area contributed by atoms with Crippen molar-refractivity contribution in [1.29, 1.82) is 0 Å². The van der Waals surface area contributed by atoms with E-state index in [0.29, 0.717) is 11.5 Å². The topological polar surface area (TPSA) is 33.5 Å². The Labute approximate surface area is 509 Å². The van der Waals surface area contributed by atoms with Crippen LogP contribution in [0.25, 0.3) is 94.4 Å². The van der Waals surface area contributed by atoms with Gasteiger partial charge < -0.3 is 19.1 Å². The third kappa shape index (κ3) is 9.53. The Morgan fingerprint density at radius 3 is 1.73 bits per heavy atom. The van der Waals surface area contributed by atoms with Gasteiger partial charge in [-0.25, -0.2) is 4.98 Å². The maximum absolute atomic E-state index is 6.97. The van der Waals surface area contributed by atoms with Crippen molar-refractivity contribution in [3.05, 3.63) is 260 Å². The molecule has 6 heteroatoms. The van der Waals surface area contributed by atoms with Gasteiger partial charge in [0.15, 0.2) is 0 Å². The number of para-hydroxylation sites is 3. The molecule has 0 spiro atoms. The van der Waals surface area contributed by atoms with Crippen LogP contribution < -0.4 is 14.5 Å². The number of hydrogen-bond donors (Lipinski definition) is 0. The number of benzene rings is 10. The summed E-state index contributed by atoms with van der Waals surface area (Å²) in [4.78, 5) is 9.77. The summed E-state index contributed by atoms with van der Waals surface area (Å²) in [7, 11) is 0. The van der Waals surface area contributed by atoms with Gasteiger partial charge in [-0.15, -0.1) is 48.1 Å². The molecule has 10 aromatic carbocycles. The Hall–Kier alpha value is -8.76. The first-order chi connectivity index (χ1) is 40.0. The Bertz CT molecular complexity index is 4490. The largest absolute Gasteiger partial charge is 0.509 e. The molecule has 0 N–H and O–H groups in total. The molecule has 0 radical (unpaired) electrons. The SMILES string of the molecule is CC(C)(C)c1cc(-c2cccc(-c3cccc(-c4ccccc4)c3)c2N2[CH-]N(c3[c-]c(Oc4[c-]c5c(cc4)c4c(n5-c5cc(C(C)(C)C)ccn5)-c5ccccc5-c5cccc6cccc-4c56)ccc3)c3ccccc32)cc(C(C)(C)C)c1.[Pt]. The fraction of sp³-hybridized carbons (Fsp3) is 0.154. The van der Waals surface area contributed by atoms with E-state index in [1.807, 2.05) is 12.3 Å². The Kier molecular flexibility index (Phi) is 13.5. The first-order valence-corrected chi connectivity index (χ1v) is 28.9. The van der Waals surface area contributed by atoms with Crippen LogP contribution in [0.1, 0.15) is 79.0 Å². The van der Waals surface area contributed by atoms with Gasteiger partial charge in [-0.1, -0.05) is 226 Å². The van der Waals surface area contributed by atoms with Crippen LogP contribution in [-0.4, -0.2) is 9.55 Å². The standard InChI is InChI=1S/C78H65N4O.Pt/c1-76(2,3)55-40-41-79-71(46-55)82-70-48-60(38-39-66(70)73-67-35-19-25-51-24-18-34-64(72(51)67)63-30-13-14-31-65(63)75(73)82)83-59-29-20-28-58(47-59)80-49-81(69-37-16-15-36-68(69)80)74-61(53-27-17-26-52(42-53)50-22-11-10-12-23-50)32-21-33-62(74)54-43-56(77(4,5)6)45-57(44-54)78(7,8)9;/h10-46,49H,1-9H3;/q-3;. The second-order valence-corrected chi connectivity index (χ2v) is 25.3. The summed E-state index contributed by atoms with van der Waals surface area (Å²) in [6.07, 6.45) is 1.94. The molecule has 0 atom stereocenters. The zero-order valence-electron chi connectivity index (χ0n) is 49.0. The van der Waals surface area contributed by atoms with E-state index >= 15 is 0 Å². The van der Waals surface area contributed by atoms with Gasteiger partial charge >= 0.3 is 0 Å². The summed E-state index contributed by atoms with van der Waals surface area (Å²) in [5.74, 6) is 1.98. The maximum atomic E-state index is 6.97. The minimum atomic E-state index is -0.102. The number of fused-ring (bicyclic) bond motifs is 8. The van der Waals surface area contributed by atoms with E-state index in [2.05, 4.69) is 308 Å².